The summed E-state index contributed by atoms with van der Waals surface area (Å²) < 4.78 is 5.64. The molecule has 2 rings (SSSR count). The van der Waals surface area contributed by atoms with Crippen LogP contribution in [0, 0.1) is 20.8 Å². The van der Waals surface area contributed by atoms with Crippen LogP contribution < -0.4 is 5.32 Å². The maximum Gasteiger partial charge on any atom is 0.193 e. The number of benzene rings is 1. The Morgan fingerprint density at radius 1 is 1.15 bits per heavy atom. The molecule has 1 aromatic heterocycles. The van der Waals surface area contributed by atoms with Crippen LogP contribution in [0.15, 0.2) is 28.7 Å². The first-order chi connectivity index (χ1) is 9.52. The number of furan rings is 1. The predicted octanol–water partition coefficient (Wildman–Crippen LogP) is 4.95. The standard InChI is InChI=1S/C17H22ClNO/c1-5-8-19-17(14-6-7-15(18)20-14)16-12(3)9-11(2)10-13(16)4/h6-7,9-10,17,19H,5,8H2,1-4H3. The molecule has 0 saturated carbocycles. The van der Waals surface area contributed by atoms with Gasteiger partial charge in [-0.2, -0.15) is 0 Å². The molecule has 0 radical (unpaired) electrons. The summed E-state index contributed by atoms with van der Waals surface area (Å²) in [7, 11) is 0. The lowest BCUT2D eigenvalue weighted by Gasteiger charge is -2.21. The third kappa shape index (κ3) is 3.25. The van der Waals surface area contributed by atoms with E-state index in [0.717, 1.165) is 18.7 Å². The zero-order valence-corrected chi connectivity index (χ0v) is 13.3. The first-order valence-electron chi connectivity index (χ1n) is 7.09. The minimum Gasteiger partial charge on any atom is -0.448 e. The number of halogens is 1. The van der Waals surface area contributed by atoms with Crippen molar-refractivity contribution in [3.8, 4) is 0 Å². The van der Waals surface area contributed by atoms with Crippen LogP contribution in [0.5, 0.6) is 0 Å². The molecule has 0 aliphatic rings. The van der Waals surface area contributed by atoms with Crippen molar-refractivity contribution in [3.05, 3.63) is 57.5 Å². The van der Waals surface area contributed by atoms with E-state index in [1.165, 1.54) is 22.3 Å². The molecular weight excluding hydrogens is 270 g/mol. The average Bonchev–Trinajstić information content (AvgIpc) is 2.78. The summed E-state index contributed by atoms with van der Waals surface area (Å²) in [6.07, 6.45) is 1.08. The fraction of sp³-hybridized carbons (Fsp3) is 0.412. The molecule has 0 fully saturated rings. The Kier molecular flexibility index (Phi) is 4.90. The van der Waals surface area contributed by atoms with Gasteiger partial charge in [-0.05, 0) is 74.2 Å². The highest BCUT2D eigenvalue weighted by Crippen LogP contribution is 2.31. The monoisotopic (exact) mass is 291 g/mol. The van der Waals surface area contributed by atoms with Crippen LogP contribution in [0.2, 0.25) is 5.22 Å². The highest BCUT2D eigenvalue weighted by molar-refractivity contribution is 6.28. The molecule has 2 aromatic rings. The van der Waals surface area contributed by atoms with Gasteiger partial charge < -0.3 is 9.73 Å². The smallest absolute Gasteiger partial charge is 0.193 e. The summed E-state index contributed by atoms with van der Waals surface area (Å²) in [4.78, 5) is 0. The van der Waals surface area contributed by atoms with Gasteiger partial charge in [-0.3, -0.25) is 0 Å². The first kappa shape index (κ1) is 15.1. The van der Waals surface area contributed by atoms with Gasteiger partial charge in [-0.15, -0.1) is 0 Å². The minimum atomic E-state index is 0.0584. The Balaban J connectivity index is 2.46. The lowest BCUT2D eigenvalue weighted by molar-refractivity contribution is 0.446. The Morgan fingerprint density at radius 3 is 2.30 bits per heavy atom. The molecule has 0 spiro atoms. The fourth-order valence-electron chi connectivity index (χ4n) is 2.76. The summed E-state index contributed by atoms with van der Waals surface area (Å²) in [5.74, 6) is 0.874. The van der Waals surface area contributed by atoms with E-state index in [-0.39, 0.29) is 6.04 Å². The Bertz CT molecular complexity index is 565. The highest BCUT2D eigenvalue weighted by atomic mass is 35.5. The lowest BCUT2D eigenvalue weighted by atomic mass is 9.92. The van der Waals surface area contributed by atoms with E-state index in [4.69, 9.17) is 16.0 Å². The van der Waals surface area contributed by atoms with E-state index in [1.807, 2.05) is 6.07 Å². The molecule has 0 aliphatic heterocycles. The molecule has 0 saturated heterocycles. The molecule has 0 bridgehead atoms. The summed E-state index contributed by atoms with van der Waals surface area (Å²) in [6.45, 7) is 9.53. The minimum absolute atomic E-state index is 0.0584. The topological polar surface area (TPSA) is 25.2 Å². The van der Waals surface area contributed by atoms with Crippen LogP contribution in [-0.2, 0) is 0 Å². The number of nitrogens with one attached hydrogen (secondary N) is 1. The normalized spacial score (nSPS) is 12.7. The van der Waals surface area contributed by atoms with Crippen molar-refractivity contribution in [2.45, 2.75) is 40.2 Å². The van der Waals surface area contributed by atoms with Gasteiger partial charge in [-0.1, -0.05) is 24.6 Å². The Labute approximate surface area is 126 Å². The molecule has 1 aromatic carbocycles. The van der Waals surface area contributed by atoms with Gasteiger partial charge >= 0.3 is 0 Å². The lowest BCUT2D eigenvalue weighted by Crippen LogP contribution is -2.24. The predicted molar refractivity (Wildman–Crippen MR) is 84.5 cm³/mol. The van der Waals surface area contributed by atoms with Crippen molar-refractivity contribution in [3.63, 3.8) is 0 Å². The summed E-state index contributed by atoms with van der Waals surface area (Å²) >= 11 is 5.94. The summed E-state index contributed by atoms with van der Waals surface area (Å²) in [6, 6.07) is 8.24. The van der Waals surface area contributed by atoms with Crippen LogP contribution >= 0.6 is 11.6 Å². The quantitative estimate of drug-likeness (QED) is 0.843. The number of rotatable bonds is 5. The second kappa shape index (κ2) is 6.47. The SMILES string of the molecule is CCCNC(c1ccc(Cl)o1)c1c(C)cc(C)cc1C. The molecule has 1 N–H and O–H groups in total. The van der Waals surface area contributed by atoms with Gasteiger partial charge in [0.1, 0.15) is 5.76 Å². The molecule has 0 amide bonds. The second-order valence-corrected chi connectivity index (χ2v) is 5.71. The molecule has 1 unspecified atom stereocenters. The maximum atomic E-state index is 5.94. The van der Waals surface area contributed by atoms with Gasteiger partial charge in [-0.25, -0.2) is 0 Å². The molecule has 108 valence electrons. The third-order valence-electron chi connectivity index (χ3n) is 3.50. The Hall–Kier alpha value is -1.25. The van der Waals surface area contributed by atoms with Crippen LogP contribution in [0.1, 0.15) is 47.4 Å². The molecule has 0 aliphatic carbocycles. The number of hydrogen-bond acceptors (Lipinski definition) is 2. The van der Waals surface area contributed by atoms with E-state index in [1.54, 1.807) is 6.07 Å². The van der Waals surface area contributed by atoms with Crippen molar-refractivity contribution in [2.75, 3.05) is 6.54 Å². The van der Waals surface area contributed by atoms with E-state index in [9.17, 15) is 0 Å². The van der Waals surface area contributed by atoms with E-state index >= 15 is 0 Å². The van der Waals surface area contributed by atoms with Gasteiger partial charge in [0.05, 0.1) is 6.04 Å². The highest BCUT2D eigenvalue weighted by Gasteiger charge is 2.21. The van der Waals surface area contributed by atoms with Gasteiger partial charge in [0.2, 0.25) is 0 Å². The molecule has 3 heteroatoms. The van der Waals surface area contributed by atoms with Crippen LogP contribution in [0.3, 0.4) is 0 Å². The average molecular weight is 292 g/mol. The van der Waals surface area contributed by atoms with Gasteiger partial charge in [0.25, 0.3) is 0 Å². The second-order valence-electron chi connectivity index (χ2n) is 5.34. The van der Waals surface area contributed by atoms with Gasteiger partial charge in [0.15, 0.2) is 5.22 Å². The molecule has 20 heavy (non-hydrogen) atoms. The Morgan fingerprint density at radius 2 is 1.80 bits per heavy atom. The maximum absolute atomic E-state index is 5.94. The van der Waals surface area contributed by atoms with Crippen molar-refractivity contribution in [2.24, 2.45) is 0 Å². The van der Waals surface area contributed by atoms with Gasteiger partial charge in [0, 0.05) is 0 Å². The first-order valence-corrected chi connectivity index (χ1v) is 7.47. The fourth-order valence-corrected chi connectivity index (χ4v) is 2.92. The molecule has 2 nitrogen and oxygen atoms in total. The van der Waals surface area contributed by atoms with E-state index < -0.39 is 0 Å². The number of aryl methyl sites for hydroxylation is 3. The summed E-state index contributed by atoms with van der Waals surface area (Å²) in [5, 5.41) is 4.00. The van der Waals surface area contributed by atoms with Crippen molar-refractivity contribution < 1.29 is 4.42 Å². The zero-order valence-electron chi connectivity index (χ0n) is 12.6. The van der Waals surface area contributed by atoms with E-state index in [0.29, 0.717) is 5.22 Å². The molecule has 1 atom stereocenters. The van der Waals surface area contributed by atoms with E-state index in [2.05, 4.69) is 45.1 Å². The van der Waals surface area contributed by atoms with Crippen molar-refractivity contribution in [1.82, 2.24) is 5.32 Å². The van der Waals surface area contributed by atoms with Crippen LogP contribution in [0.25, 0.3) is 0 Å². The number of hydrogen-bond donors (Lipinski definition) is 1. The van der Waals surface area contributed by atoms with Crippen molar-refractivity contribution >= 4 is 11.6 Å². The van der Waals surface area contributed by atoms with Crippen LogP contribution in [0.4, 0.5) is 0 Å². The largest absolute Gasteiger partial charge is 0.448 e. The zero-order chi connectivity index (χ0) is 14.7. The van der Waals surface area contributed by atoms with Crippen molar-refractivity contribution in [1.29, 1.82) is 0 Å². The van der Waals surface area contributed by atoms with Crippen LogP contribution in [-0.4, -0.2) is 6.54 Å². The summed E-state index contributed by atoms with van der Waals surface area (Å²) in [5.41, 5.74) is 5.14. The third-order valence-corrected chi connectivity index (χ3v) is 3.71. The molecular formula is C17H22ClNO. The molecule has 1 heterocycles.